The molecule has 88 valence electrons. The molecule has 0 saturated heterocycles. The molecule has 1 aliphatic rings. The van der Waals surface area contributed by atoms with Crippen molar-refractivity contribution >= 4 is 17.3 Å². The normalized spacial score (nSPS) is 16.9. The number of nitrogens with one attached hydrogen (secondary N) is 1. The highest BCUT2D eigenvalue weighted by molar-refractivity contribution is 6.32. The molecule has 1 fully saturated rings. The Morgan fingerprint density at radius 1 is 1.50 bits per heavy atom. The molecule has 1 atom stereocenters. The van der Waals surface area contributed by atoms with Crippen molar-refractivity contribution in [2.24, 2.45) is 5.92 Å². The minimum atomic E-state index is 0.512. The number of rotatable bonds is 5. The average molecular weight is 240 g/mol. The number of benzene rings is 1. The lowest BCUT2D eigenvalue weighted by molar-refractivity contribution is 0.415. The fraction of sp³-hybridized carbons (Fsp3) is 0.538. The molecule has 2 rings (SSSR count). The quantitative estimate of drug-likeness (QED) is 0.840. The van der Waals surface area contributed by atoms with E-state index in [-0.39, 0.29) is 0 Å². The Hall–Kier alpha value is -0.890. The van der Waals surface area contributed by atoms with E-state index in [1.165, 1.54) is 19.3 Å². The lowest BCUT2D eigenvalue weighted by Crippen LogP contribution is -2.15. The molecule has 0 heterocycles. The van der Waals surface area contributed by atoms with E-state index in [4.69, 9.17) is 16.3 Å². The lowest BCUT2D eigenvalue weighted by atomic mass is 10.1. The second kappa shape index (κ2) is 4.96. The Morgan fingerprint density at radius 3 is 2.88 bits per heavy atom. The van der Waals surface area contributed by atoms with E-state index >= 15 is 0 Å². The molecule has 1 aromatic rings. The number of hydrogen-bond acceptors (Lipinski definition) is 2. The predicted octanol–water partition coefficient (Wildman–Crippen LogP) is 3.95. The van der Waals surface area contributed by atoms with Crippen LogP contribution < -0.4 is 10.1 Å². The molecule has 16 heavy (non-hydrogen) atoms. The summed E-state index contributed by atoms with van der Waals surface area (Å²) in [5.74, 6) is 1.67. The third kappa shape index (κ3) is 3.05. The fourth-order valence-corrected chi connectivity index (χ4v) is 2.14. The Labute approximate surface area is 102 Å². The summed E-state index contributed by atoms with van der Waals surface area (Å²) in [6, 6.07) is 6.32. The van der Waals surface area contributed by atoms with E-state index in [1.807, 2.05) is 18.2 Å². The molecule has 0 aliphatic heterocycles. The van der Waals surface area contributed by atoms with Crippen molar-refractivity contribution in [3.8, 4) is 5.75 Å². The zero-order valence-corrected chi connectivity index (χ0v) is 10.6. The van der Waals surface area contributed by atoms with Crippen LogP contribution in [0.3, 0.4) is 0 Å². The lowest BCUT2D eigenvalue weighted by Gasteiger charge is -2.15. The molecular formula is C13H18ClNO. The van der Waals surface area contributed by atoms with Crippen molar-refractivity contribution in [3.63, 3.8) is 0 Å². The van der Waals surface area contributed by atoms with Gasteiger partial charge in [-0.25, -0.2) is 0 Å². The Bertz CT molecular complexity index is 363. The van der Waals surface area contributed by atoms with Crippen LogP contribution in [0.1, 0.15) is 26.2 Å². The van der Waals surface area contributed by atoms with E-state index < -0.39 is 0 Å². The Balaban J connectivity index is 1.97. The van der Waals surface area contributed by atoms with E-state index in [2.05, 4.69) is 12.2 Å². The maximum atomic E-state index is 5.97. The van der Waals surface area contributed by atoms with Gasteiger partial charge in [0.1, 0.15) is 5.75 Å². The SMILES string of the molecule is COc1cc(NC(C)CC2CC2)ccc1Cl. The van der Waals surface area contributed by atoms with Crippen LogP contribution in [0.2, 0.25) is 5.02 Å². The molecule has 2 nitrogen and oxygen atoms in total. The van der Waals surface area contributed by atoms with Gasteiger partial charge in [0.15, 0.2) is 0 Å². The number of ether oxygens (including phenoxy) is 1. The minimum absolute atomic E-state index is 0.512. The molecule has 3 heteroatoms. The molecular weight excluding hydrogens is 222 g/mol. The number of hydrogen-bond donors (Lipinski definition) is 1. The Kier molecular flexibility index (Phi) is 3.59. The smallest absolute Gasteiger partial charge is 0.139 e. The summed E-state index contributed by atoms with van der Waals surface area (Å²) in [4.78, 5) is 0. The van der Waals surface area contributed by atoms with Crippen LogP contribution in [-0.2, 0) is 0 Å². The summed E-state index contributed by atoms with van der Waals surface area (Å²) in [5.41, 5.74) is 1.08. The number of halogens is 1. The molecule has 0 amide bonds. The summed E-state index contributed by atoms with van der Waals surface area (Å²) in [6.07, 6.45) is 4.05. The van der Waals surface area contributed by atoms with Gasteiger partial charge in [-0.05, 0) is 31.4 Å². The fourth-order valence-electron chi connectivity index (χ4n) is 1.95. The van der Waals surface area contributed by atoms with Crippen LogP contribution >= 0.6 is 11.6 Å². The van der Waals surface area contributed by atoms with Crippen LogP contribution in [0.15, 0.2) is 18.2 Å². The van der Waals surface area contributed by atoms with Gasteiger partial charge in [-0.3, -0.25) is 0 Å². The van der Waals surface area contributed by atoms with E-state index in [0.29, 0.717) is 11.1 Å². The average Bonchev–Trinajstić information content (AvgIpc) is 3.04. The molecule has 0 radical (unpaired) electrons. The highest BCUT2D eigenvalue weighted by Crippen LogP contribution is 2.34. The zero-order chi connectivity index (χ0) is 11.5. The van der Waals surface area contributed by atoms with Crippen LogP contribution in [0.4, 0.5) is 5.69 Å². The maximum absolute atomic E-state index is 5.97. The first-order valence-electron chi connectivity index (χ1n) is 5.79. The predicted molar refractivity (Wildman–Crippen MR) is 68.4 cm³/mol. The van der Waals surface area contributed by atoms with Gasteiger partial charge in [-0.15, -0.1) is 0 Å². The molecule has 0 spiro atoms. The topological polar surface area (TPSA) is 21.3 Å². The van der Waals surface area contributed by atoms with E-state index in [9.17, 15) is 0 Å². The largest absolute Gasteiger partial charge is 0.495 e. The van der Waals surface area contributed by atoms with Crippen LogP contribution in [0, 0.1) is 5.92 Å². The molecule has 1 aromatic carbocycles. The van der Waals surface area contributed by atoms with Crippen molar-refractivity contribution in [2.75, 3.05) is 12.4 Å². The monoisotopic (exact) mass is 239 g/mol. The van der Waals surface area contributed by atoms with Gasteiger partial charge in [-0.1, -0.05) is 24.4 Å². The van der Waals surface area contributed by atoms with Crippen molar-refractivity contribution in [1.82, 2.24) is 0 Å². The maximum Gasteiger partial charge on any atom is 0.139 e. The van der Waals surface area contributed by atoms with Gasteiger partial charge in [-0.2, -0.15) is 0 Å². The number of methoxy groups -OCH3 is 1. The van der Waals surface area contributed by atoms with Crippen LogP contribution in [0.25, 0.3) is 0 Å². The molecule has 1 aliphatic carbocycles. The molecule has 1 unspecified atom stereocenters. The molecule has 0 aromatic heterocycles. The Morgan fingerprint density at radius 2 is 2.25 bits per heavy atom. The van der Waals surface area contributed by atoms with Crippen molar-refractivity contribution in [3.05, 3.63) is 23.2 Å². The van der Waals surface area contributed by atoms with Gasteiger partial charge in [0, 0.05) is 17.8 Å². The van der Waals surface area contributed by atoms with Gasteiger partial charge in [0.2, 0.25) is 0 Å². The summed E-state index contributed by atoms with van der Waals surface area (Å²) in [6.45, 7) is 2.22. The number of anilines is 1. The molecule has 1 saturated carbocycles. The van der Waals surface area contributed by atoms with E-state index in [0.717, 1.165) is 17.4 Å². The van der Waals surface area contributed by atoms with Crippen LogP contribution in [0.5, 0.6) is 5.75 Å². The first-order valence-corrected chi connectivity index (χ1v) is 6.17. The second-order valence-corrected chi connectivity index (χ2v) is 4.98. The first kappa shape index (κ1) is 11.6. The zero-order valence-electron chi connectivity index (χ0n) is 9.79. The summed E-state index contributed by atoms with van der Waals surface area (Å²) < 4.78 is 5.19. The third-order valence-electron chi connectivity index (χ3n) is 2.95. The highest BCUT2D eigenvalue weighted by atomic mass is 35.5. The van der Waals surface area contributed by atoms with Crippen molar-refractivity contribution < 1.29 is 4.74 Å². The second-order valence-electron chi connectivity index (χ2n) is 4.57. The summed E-state index contributed by atoms with van der Waals surface area (Å²) in [7, 11) is 1.64. The summed E-state index contributed by atoms with van der Waals surface area (Å²) in [5, 5.41) is 4.13. The van der Waals surface area contributed by atoms with Gasteiger partial charge in [0.05, 0.1) is 12.1 Å². The van der Waals surface area contributed by atoms with Gasteiger partial charge < -0.3 is 10.1 Å². The standard InChI is InChI=1S/C13H18ClNO/c1-9(7-10-3-4-10)15-11-5-6-12(14)13(8-11)16-2/h5-6,8-10,15H,3-4,7H2,1-2H3. The van der Waals surface area contributed by atoms with E-state index in [1.54, 1.807) is 7.11 Å². The first-order chi connectivity index (χ1) is 7.69. The third-order valence-corrected chi connectivity index (χ3v) is 3.26. The summed E-state index contributed by atoms with van der Waals surface area (Å²) >= 11 is 5.97. The molecule has 0 bridgehead atoms. The minimum Gasteiger partial charge on any atom is -0.495 e. The molecule has 1 N–H and O–H groups in total. The highest BCUT2D eigenvalue weighted by Gasteiger charge is 2.23. The van der Waals surface area contributed by atoms with Crippen molar-refractivity contribution in [2.45, 2.75) is 32.2 Å². The van der Waals surface area contributed by atoms with Crippen LogP contribution in [-0.4, -0.2) is 13.2 Å². The van der Waals surface area contributed by atoms with Gasteiger partial charge >= 0.3 is 0 Å². The van der Waals surface area contributed by atoms with Crippen molar-refractivity contribution in [1.29, 1.82) is 0 Å². The van der Waals surface area contributed by atoms with Gasteiger partial charge in [0.25, 0.3) is 0 Å².